The molecule has 2 aromatic rings. The lowest BCUT2D eigenvalue weighted by molar-refractivity contribution is -0.0165. The van der Waals surface area contributed by atoms with Crippen molar-refractivity contribution >= 4 is 5.82 Å². The van der Waals surface area contributed by atoms with E-state index in [1.54, 1.807) is 6.07 Å². The molecule has 1 aliphatic heterocycles. The second kappa shape index (κ2) is 3.74. The summed E-state index contributed by atoms with van der Waals surface area (Å²) in [6, 6.07) is 3.02. The van der Waals surface area contributed by atoms with Gasteiger partial charge in [0.05, 0.1) is 12.8 Å². The van der Waals surface area contributed by atoms with E-state index < -0.39 is 0 Å². The van der Waals surface area contributed by atoms with Crippen LogP contribution in [-0.4, -0.2) is 17.0 Å². The molecule has 0 saturated carbocycles. The summed E-state index contributed by atoms with van der Waals surface area (Å²) in [5, 5.41) is 6.34. The molecule has 0 saturated heterocycles. The minimum Gasteiger partial charge on any atom is -0.467 e. The Hall–Kier alpha value is -2.08. The number of nitrogens with one attached hydrogen (secondary N) is 1. The van der Waals surface area contributed by atoms with E-state index in [4.69, 9.17) is 15.2 Å². The van der Waals surface area contributed by atoms with Crippen molar-refractivity contribution in [2.75, 3.05) is 12.5 Å². The molecule has 0 bridgehead atoms. The number of aromatic amines is 1. The van der Waals surface area contributed by atoms with Crippen LogP contribution < -0.4 is 10.5 Å². The lowest BCUT2D eigenvalue weighted by atomic mass is 10.0. The number of nitrogens with zero attached hydrogens (tertiary/aromatic N) is 1. The quantitative estimate of drug-likeness (QED) is 0.788. The second-order valence-corrected chi connectivity index (χ2v) is 3.75. The summed E-state index contributed by atoms with van der Waals surface area (Å²) in [7, 11) is 0. The molecule has 0 atom stereocenters. The van der Waals surface area contributed by atoms with Gasteiger partial charge in [-0.15, -0.1) is 0 Å². The van der Waals surface area contributed by atoms with Gasteiger partial charge in [-0.3, -0.25) is 5.10 Å². The molecule has 3 rings (SSSR count). The zero-order valence-electron chi connectivity index (χ0n) is 8.87. The maximum atomic E-state index is 13.9. The van der Waals surface area contributed by atoms with E-state index in [0.29, 0.717) is 34.9 Å². The van der Waals surface area contributed by atoms with E-state index in [0.717, 1.165) is 0 Å². The van der Waals surface area contributed by atoms with Crippen LogP contribution in [0.5, 0.6) is 5.75 Å². The molecule has 0 aliphatic carbocycles. The Kier molecular flexibility index (Phi) is 2.22. The fraction of sp³-hybridized carbons (Fsp3) is 0.182. The third-order valence-corrected chi connectivity index (χ3v) is 2.66. The fourth-order valence-electron chi connectivity index (χ4n) is 1.82. The SMILES string of the molecule is Nc1[nH]ncc1-c1cc2c(cc1F)COCO2. The average molecular weight is 235 g/mol. The number of anilines is 1. The summed E-state index contributed by atoms with van der Waals surface area (Å²) in [5.74, 6) is 0.579. The van der Waals surface area contributed by atoms with Crippen LogP contribution >= 0.6 is 0 Å². The maximum Gasteiger partial charge on any atom is 0.189 e. The van der Waals surface area contributed by atoms with Crippen LogP contribution in [0.4, 0.5) is 10.2 Å². The molecule has 2 heterocycles. The minimum absolute atomic E-state index is 0.180. The van der Waals surface area contributed by atoms with Crippen LogP contribution in [0.25, 0.3) is 11.1 Å². The predicted molar refractivity (Wildman–Crippen MR) is 58.7 cm³/mol. The van der Waals surface area contributed by atoms with Gasteiger partial charge in [0, 0.05) is 16.7 Å². The summed E-state index contributed by atoms with van der Waals surface area (Å²) in [5.41, 5.74) is 7.26. The number of rotatable bonds is 1. The lowest BCUT2D eigenvalue weighted by Crippen LogP contribution is -2.11. The summed E-state index contributed by atoms with van der Waals surface area (Å²) in [6.07, 6.45) is 1.49. The van der Waals surface area contributed by atoms with Gasteiger partial charge in [0.2, 0.25) is 0 Å². The van der Waals surface area contributed by atoms with Gasteiger partial charge >= 0.3 is 0 Å². The molecule has 5 nitrogen and oxygen atoms in total. The van der Waals surface area contributed by atoms with Crippen molar-refractivity contribution in [3.63, 3.8) is 0 Å². The molecule has 1 aliphatic rings. The zero-order chi connectivity index (χ0) is 11.8. The molecule has 88 valence electrons. The first-order valence-electron chi connectivity index (χ1n) is 5.08. The van der Waals surface area contributed by atoms with Crippen molar-refractivity contribution in [1.82, 2.24) is 10.2 Å². The standard InChI is InChI=1S/C11H10FN3O2/c12-9-1-6-4-16-5-17-10(6)2-7(9)8-3-14-15-11(8)13/h1-3H,4-5H2,(H3,13,14,15). The number of nitrogens with two attached hydrogens (primary N) is 1. The smallest absolute Gasteiger partial charge is 0.189 e. The van der Waals surface area contributed by atoms with E-state index in [2.05, 4.69) is 10.2 Å². The number of H-pyrrole nitrogens is 1. The van der Waals surface area contributed by atoms with E-state index in [-0.39, 0.29) is 12.6 Å². The Balaban J connectivity index is 2.15. The lowest BCUT2D eigenvalue weighted by Gasteiger charge is -2.18. The summed E-state index contributed by atoms with van der Waals surface area (Å²) in [4.78, 5) is 0. The fourth-order valence-corrected chi connectivity index (χ4v) is 1.82. The van der Waals surface area contributed by atoms with Crippen molar-refractivity contribution in [3.05, 3.63) is 29.7 Å². The third kappa shape index (κ3) is 1.62. The number of hydrogen-bond donors (Lipinski definition) is 2. The molecular weight excluding hydrogens is 225 g/mol. The summed E-state index contributed by atoms with van der Waals surface area (Å²) >= 11 is 0. The zero-order valence-corrected chi connectivity index (χ0v) is 8.87. The number of benzene rings is 1. The van der Waals surface area contributed by atoms with Crippen LogP contribution in [0, 0.1) is 5.82 Å². The first-order chi connectivity index (χ1) is 8.25. The molecule has 0 unspecified atom stereocenters. The van der Waals surface area contributed by atoms with Crippen molar-refractivity contribution in [1.29, 1.82) is 0 Å². The van der Waals surface area contributed by atoms with Crippen LogP contribution in [0.15, 0.2) is 18.3 Å². The van der Waals surface area contributed by atoms with Crippen molar-refractivity contribution in [2.45, 2.75) is 6.61 Å². The Labute approximate surface area is 96.3 Å². The molecule has 3 N–H and O–H groups in total. The van der Waals surface area contributed by atoms with E-state index in [1.165, 1.54) is 12.3 Å². The highest BCUT2D eigenvalue weighted by Gasteiger charge is 2.17. The van der Waals surface area contributed by atoms with Crippen LogP contribution in [0.3, 0.4) is 0 Å². The Morgan fingerprint density at radius 2 is 2.24 bits per heavy atom. The van der Waals surface area contributed by atoms with E-state index in [1.807, 2.05) is 0 Å². The first kappa shape index (κ1) is 10.1. The first-order valence-corrected chi connectivity index (χ1v) is 5.08. The van der Waals surface area contributed by atoms with Gasteiger partial charge in [-0.05, 0) is 12.1 Å². The van der Waals surface area contributed by atoms with Gasteiger partial charge < -0.3 is 15.2 Å². The topological polar surface area (TPSA) is 73.2 Å². The monoisotopic (exact) mass is 235 g/mol. The van der Waals surface area contributed by atoms with Crippen LogP contribution in [0.2, 0.25) is 0 Å². The highest BCUT2D eigenvalue weighted by Crippen LogP contribution is 2.34. The second-order valence-electron chi connectivity index (χ2n) is 3.75. The predicted octanol–water partition coefficient (Wildman–Crippen LogP) is 1.66. The molecule has 0 amide bonds. The van der Waals surface area contributed by atoms with Gasteiger partial charge in [0.25, 0.3) is 0 Å². The Morgan fingerprint density at radius 3 is 3.00 bits per heavy atom. The molecule has 17 heavy (non-hydrogen) atoms. The highest BCUT2D eigenvalue weighted by atomic mass is 19.1. The molecule has 0 spiro atoms. The number of aromatic nitrogens is 2. The summed E-state index contributed by atoms with van der Waals surface area (Å²) in [6.45, 7) is 0.534. The van der Waals surface area contributed by atoms with Crippen LogP contribution in [-0.2, 0) is 11.3 Å². The Bertz CT molecular complexity index is 568. The molecule has 6 heteroatoms. The Morgan fingerprint density at radius 1 is 1.35 bits per heavy atom. The number of halogens is 1. The van der Waals surface area contributed by atoms with Crippen LogP contribution in [0.1, 0.15) is 5.56 Å². The molecule has 0 fully saturated rings. The van der Waals surface area contributed by atoms with Gasteiger partial charge in [-0.1, -0.05) is 0 Å². The van der Waals surface area contributed by atoms with E-state index in [9.17, 15) is 4.39 Å². The number of hydrogen-bond acceptors (Lipinski definition) is 4. The largest absolute Gasteiger partial charge is 0.467 e. The molecule has 1 aromatic heterocycles. The molecule has 1 aromatic carbocycles. The third-order valence-electron chi connectivity index (χ3n) is 2.66. The average Bonchev–Trinajstić information content (AvgIpc) is 2.74. The van der Waals surface area contributed by atoms with Crippen molar-refractivity contribution in [2.24, 2.45) is 0 Å². The number of ether oxygens (including phenoxy) is 2. The number of fused-ring (bicyclic) bond motifs is 1. The van der Waals surface area contributed by atoms with E-state index >= 15 is 0 Å². The van der Waals surface area contributed by atoms with Gasteiger partial charge in [0.1, 0.15) is 17.4 Å². The molecule has 0 radical (unpaired) electrons. The highest BCUT2D eigenvalue weighted by molar-refractivity contribution is 5.75. The van der Waals surface area contributed by atoms with Gasteiger partial charge in [-0.25, -0.2) is 4.39 Å². The number of nitrogen functional groups attached to an aromatic ring is 1. The maximum absolute atomic E-state index is 13.9. The normalized spacial score (nSPS) is 14.2. The minimum atomic E-state index is -0.369. The summed E-state index contributed by atoms with van der Waals surface area (Å²) < 4.78 is 24.3. The van der Waals surface area contributed by atoms with Crippen molar-refractivity contribution in [3.8, 4) is 16.9 Å². The van der Waals surface area contributed by atoms with Gasteiger partial charge in [-0.2, -0.15) is 5.10 Å². The van der Waals surface area contributed by atoms with Gasteiger partial charge in [0.15, 0.2) is 6.79 Å². The van der Waals surface area contributed by atoms with Crippen molar-refractivity contribution < 1.29 is 13.9 Å². The molecular formula is C11H10FN3O2.